The average Bonchev–Trinajstić information content (AvgIpc) is 2.98. The number of allylic oxidation sites excluding steroid dienone is 1. The van der Waals surface area contributed by atoms with E-state index in [-0.39, 0.29) is 42.0 Å². The van der Waals surface area contributed by atoms with Crippen LogP contribution in [-0.4, -0.2) is 42.5 Å². The van der Waals surface area contributed by atoms with Gasteiger partial charge in [0.25, 0.3) is 0 Å². The van der Waals surface area contributed by atoms with Gasteiger partial charge in [-0.1, -0.05) is 6.08 Å². The lowest BCUT2D eigenvalue weighted by molar-refractivity contribution is -0.171. The van der Waals surface area contributed by atoms with Crippen molar-refractivity contribution in [1.29, 1.82) is 0 Å². The summed E-state index contributed by atoms with van der Waals surface area (Å²) in [7, 11) is 0. The van der Waals surface area contributed by atoms with Crippen molar-refractivity contribution in [2.75, 3.05) is 6.61 Å². The number of rotatable bonds is 1. The summed E-state index contributed by atoms with van der Waals surface area (Å²) >= 11 is 0. The normalized spacial score (nSPS) is 43.4. The Morgan fingerprint density at radius 1 is 1.23 bits per heavy atom. The summed E-state index contributed by atoms with van der Waals surface area (Å²) in [6.07, 6.45) is 3.97. The van der Waals surface area contributed by atoms with Gasteiger partial charge in [0.2, 0.25) is 11.8 Å². The van der Waals surface area contributed by atoms with E-state index in [1.54, 1.807) is 0 Å². The van der Waals surface area contributed by atoms with Gasteiger partial charge in [-0.2, -0.15) is 0 Å². The van der Waals surface area contributed by atoms with E-state index in [1.165, 1.54) is 0 Å². The second kappa shape index (κ2) is 4.88. The van der Waals surface area contributed by atoms with Crippen molar-refractivity contribution < 1.29 is 23.8 Å². The first-order valence-corrected chi connectivity index (χ1v) is 7.95. The van der Waals surface area contributed by atoms with Gasteiger partial charge < -0.3 is 14.2 Å². The number of carbonyl (C=O) groups is 2. The Bertz CT molecular complexity index is 555. The highest BCUT2D eigenvalue weighted by atomic mass is 16.7. The molecule has 0 radical (unpaired) electrons. The SMILES string of the molecule is CC1(C)OC[C@H]([C@H]2CCC3=CC[C@@H]4C(=O)NC(=O)[C@@H]4[C@@H]3O2)O1. The molecule has 0 spiro atoms. The fraction of sp³-hybridized carbons (Fsp3) is 0.750. The molecule has 2 amide bonds. The van der Waals surface area contributed by atoms with Gasteiger partial charge in [0.05, 0.1) is 30.7 Å². The summed E-state index contributed by atoms with van der Waals surface area (Å²) in [6.45, 7) is 4.28. The van der Waals surface area contributed by atoms with Crippen LogP contribution < -0.4 is 5.32 Å². The lowest BCUT2D eigenvalue weighted by Crippen LogP contribution is -2.46. The van der Waals surface area contributed by atoms with Crippen molar-refractivity contribution in [3.63, 3.8) is 0 Å². The molecule has 3 heterocycles. The van der Waals surface area contributed by atoms with Crippen molar-refractivity contribution in [2.45, 2.75) is 57.2 Å². The van der Waals surface area contributed by atoms with Gasteiger partial charge in [-0.15, -0.1) is 0 Å². The molecule has 22 heavy (non-hydrogen) atoms. The second-order valence-electron chi connectivity index (χ2n) is 7.00. The summed E-state index contributed by atoms with van der Waals surface area (Å²) in [4.78, 5) is 24.0. The number of nitrogens with one attached hydrogen (secondary N) is 1. The molecule has 6 heteroatoms. The van der Waals surface area contributed by atoms with Gasteiger partial charge in [-0.05, 0) is 38.7 Å². The predicted molar refractivity (Wildman–Crippen MR) is 75.6 cm³/mol. The topological polar surface area (TPSA) is 73.9 Å². The first kappa shape index (κ1) is 14.4. The molecular formula is C16H21NO5. The van der Waals surface area contributed by atoms with Gasteiger partial charge >= 0.3 is 0 Å². The predicted octanol–water partition coefficient (Wildman–Crippen LogP) is 0.904. The molecule has 5 atom stereocenters. The van der Waals surface area contributed by atoms with Crippen molar-refractivity contribution in [1.82, 2.24) is 5.32 Å². The van der Waals surface area contributed by atoms with Crippen molar-refractivity contribution in [3.8, 4) is 0 Å². The Kier molecular flexibility index (Phi) is 3.18. The van der Waals surface area contributed by atoms with Gasteiger partial charge in [0.1, 0.15) is 6.10 Å². The molecule has 6 nitrogen and oxygen atoms in total. The molecule has 0 aromatic carbocycles. The highest BCUT2D eigenvalue weighted by molar-refractivity contribution is 6.05. The second-order valence-corrected chi connectivity index (χ2v) is 7.00. The minimum atomic E-state index is -0.583. The van der Waals surface area contributed by atoms with Crippen LogP contribution in [0.4, 0.5) is 0 Å². The third-order valence-electron chi connectivity index (χ3n) is 5.13. The standard InChI is InChI=1S/C16H21NO5/c1-16(2)20-7-11(22-16)10-6-4-8-3-5-9-12(13(8)21-10)15(19)17-14(9)18/h3,9-13H,4-7H2,1-2H3,(H,17,18,19)/t9-,10+,11+,12-,13+/m0/s1. The molecule has 0 saturated carbocycles. The third kappa shape index (κ3) is 2.21. The Hall–Kier alpha value is -1.24. The molecule has 4 rings (SSSR count). The van der Waals surface area contributed by atoms with E-state index in [2.05, 4.69) is 11.4 Å². The maximum Gasteiger partial charge on any atom is 0.233 e. The lowest BCUT2D eigenvalue weighted by atomic mass is 9.76. The van der Waals surface area contributed by atoms with Crippen LogP contribution in [0, 0.1) is 11.8 Å². The number of ether oxygens (including phenoxy) is 3. The highest BCUT2D eigenvalue weighted by Crippen LogP contribution is 2.42. The summed E-state index contributed by atoms with van der Waals surface area (Å²) in [6, 6.07) is 0. The number of hydrogen-bond acceptors (Lipinski definition) is 5. The molecule has 3 fully saturated rings. The zero-order valence-electron chi connectivity index (χ0n) is 12.8. The van der Waals surface area contributed by atoms with E-state index >= 15 is 0 Å². The minimum Gasteiger partial charge on any atom is -0.367 e. The number of carbonyl (C=O) groups excluding carboxylic acids is 2. The first-order valence-electron chi connectivity index (χ1n) is 7.95. The van der Waals surface area contributed by atoms with E-state index in [4.69, 9.17) is 14.2 Å². The van der Waals surface area contributed by atoms with Crippen LogP contribution in [0.5, 0.6) is 0 Å². The van der Waals surface area contributed by atoms with E-state index in [0.717, 1.165) is 18.4 Å². The maximum absolute atomic E-state index is 12.1. The van der Waals surface area contributed by atoms with Crippen molar-refractivity contribution in [2.24, 2.45) is 11.8 Å². The monoisotopic (exact) mass is 307 g/mol. The zero-order chi connectivity index (χ0) is 15.5. The van der Waals surface area contributed by atoms with E-state index < -0.39 is 5.79 Å². The fourth-order valence-electron chi connectivity index (χ4n) is 4.02. The van der Waals surface area contributed by atoms with Crippen LogP contribution in [0.15, 0.2) is 11.6 Å². The Labute approximate surface area is 129 Å². The molecule has 0 unspecified atom stereocenters. The zero-order valence-corrected chi connectivity index (χ0v) is 12.8. The Balaban J connectivity index is 1.53. The number of amides is 2. The molecule has 1 N–H and O–H groups in total. The molecule has 0 aromatic rings. The van der Waals surface area contributed by atoms with Crippen molar-refractivity contribution in [3.05, 3.63) is 11.6 Å². The van der Waals surface area contributed by atoms with Crippen LogP contribution >= 0.6 is 0 Å². The summed E-state index contributed by atoms with van der Waals surface area (Å²) in [5.74, 6) is -1.62. The highest BCUT2D eigenvalue weighted by Gasteiger charge is 2.52. The largest absolute Gasteiger partial charge is 0.367 e. The molecule has 3 saturated heterocycles. The molecular weight excluding hydrogens is 286 g/mol. The minimum absolute atomic E-state index is 0.0915. The summed E-state index contributed by atoms with van der Waals surface area (Å²) in [5.41, 5.74) is 1.15. The van der Waals surface area contributed by atoms with Crippen LogP contribution in [0.25, 0.3) is 0 Å². The smallest absolute Gasteiger partial charge is 0.233 e. The van der Waals surface area contributed by atoms with E-state index in [9.17, 15) is 9.59 Å². The molecule has 3 aliphatic heterocycles. The maximum atomic E-state index is 12.1. The number of hydrogen-bond donors (Lipinski definition) is 1. The van der Waals surface area contributed by atoms with Crippen LogP contribution in [-0.2, 0) is 23.8 Å². The number of imide groups is 1. The van der Waals surface area contributed by atoms with Crippen LogP contribution in [0.1, 0.15) is 33.1 Å². The average molecular weight is 307 g/mol. The Morgan fingerprint density at radius 3 is 2.77 bits per heavy atom. The van der Waals surface area contributed by atoms with Gasteiger partial charge in [0.15, 0.2) is 5.79 Å². The third-order valence-corrected chi connectivity index (χ3v) is 5.13. The first-order chi connectivity index (χ1) is 10.4. The molecule has 120 valence electrons. The number of fused-ring (bicyclic) bond motifs is 3. The molecule has 0 bridgehead atoms. The fourth-order valence-corrected chi connectivity index (χ4v) is 4.02. The van der Waals surface area contributed by atoms with Crippen LogP contribution in [0.2, 0.25) is 0 Å². The van der Waals surface area contributed by atoms with Gasteiger partial charge in [-0.3, -0.25) is 14.9 Å². The summed E-state index contributed by atoms with van der Waals surface area (Å²) < 4.78 is 17.7. The molecule has 4 aliphatic rings. The quantitative estimate of drug-likeness (QED) is 0.575. The Morgan fingerprint density at radius 2 is 2.05 bits per heavy atom. The van der Waals surface area contributed by atoms with Crippen molar-refractivity contribution >= 4 is 11.8 Å². The van der Waals surface area contributed by atoms with E-state index in [1.807, 2.05) is 13.8 Å². The van der Waals surface area contributed by atoms with Gasteiger partial charge in [0, 0.05) is 0 Å². The lowest BCUT2D eigenvalue weighted by Gasteiger charge is -2.40. The molecule has 0 aromatic heterocycles. The van der Waals surface area contributed by atoms with Gasteiger partial charge in [-0.25, -0.2) is 0 Å². The summed E-state index contributed by atoms with van der Waals surface area (Å²) in [5, 5.41) is 2.44. The van der Waals surface area contributed by atoms with Crippen LogP contribution in [0.3, 0.4) is 0 Å². The molecule has 1 aliphatic carbocycles. The van der Waals surface area contributed by atoms with E-state index in [0.29, 0.717) is 13.0 Å².